The first-order valence-electron chi connectivity index (χ1n) is 5.99. The van der Waals surface area contributed by atoms with Gasteiger partial charge < -0.3 is 5.73 Å². The van der Waals surface area contributed by atoms with Crippen molar-refractivity contribution in [1.82, 2.24) is 0 Å². The van der Waals surface area contributed by atoms with Crippen LogP contribution in [0.25, 0.3) is 0 Å². The first-order valence-corrected chi connectivity index (χ1v) is 5.99. The van der Waals surface area contributed by atoms with Crippen molar-refractivity contribution in [3.05, 3.63) is 64.7 Å². The molecule has 4 nitrogen and oxygen atoms in total. The molecule has 2 aromatic rings. The van der Waals surface area contributed by atoms with E-state index in [4.69, 9.17) is 11.0 Å². The molecule has 0 saturated heterocycles. The fourth-order valence-electron chi connectivity index (χ4n) is 2.05. The van der Waals surface area contributed by atoms with Gasteiger partial charge in [-0.3, -0.25) is 9.59 Å². The average Bonchev–Trinajstić information content (AvgIpc) is 2.46. The zero-order valence-electron chi connectivity index (χ0n) is 10.9. The van der Waals surface area contributed by atoms with Crippen LogP contribution in [0.5, 0.6) is 0 Å². The lowest BCUT2D eigenvalue weighted by Crippen LogP contribution is -2.11. The highest BCUT2D eigenvalue weighted by molar-refractivity contribution is 6.17. The molecule has 0 spiro atoms. The fraction of sp³-hybridized carbons (Fsp3) is 0.0625. The van der Waals surface area contributed by atoms with Gasteiger partial charge in [0.2, 0.25) is 0 Å². The fourth-order valence-corrected chi connectivity index (χ4v) is 2.05. The molecule has 0 bridgehead atoms. The zero-order chi connectivity index (χ0) is 14.7. The molecular formula is C16H12N2O2. The monoisotopic (exact) mass is 264 g/mol. The number of hydrogen-bond acceptors (Lipinski definition) is 4. The molecule has 0 radical (unpaired) electrons. The van der Waals surface area contributed by atoms with E-state index in [1.165, 1.54) is 19.1 Å². The molecule has 2 N–H and O–H groups in total. The van der Waals surface area contributed by atoms with Crippen LogP contribution in [-0.2, 0) is 0 Å². The predicted octanol–water partition coefficient (Wildman–Crippen LogP) is 2.57. The van der Waals surface area contributed by atoms with Crippen LogP contribution in [0.2, 0.25) is 0 Å². The smallest absolute Gasteiger partial charge is 0.193 e. The number of ketones is 2. The summed E-state index contributed by atoms with van der Waals surface area (Å²) in [6.45, 7) is 1.35. The largest absolute Gasteiger partial charge is 0.398 e. The summed E-state index contributed by atoms with van der Waals surface area (Å²) < 4.78 is 0. The van der Waals surface area contributed by atoms with E-state index in [-0.39, 0.29) is 33.9 Å². The van der Waals surface area contributed by atoms with E-state index in [0.717, 1.165) is 0 Å². The third-order valence-corrected chi connectivity index (χ3v) is 2.93. The van der Waals surface area contributed by atoms with Crippen molar-refractivity contribution < 1.29 is 9.59 Å². The van der Waals surface area contributed by atoms with Crippen molar-refractivity contribution in [2.45, 2.75) is 6.92 Å². The van der Waals surface area contributed by atoms with E-state index >= 15 is 0 Å². The van der Waals surface area contributed by atoms with E-state index in [0.29, 0.717) is 5.56 Å². The lowest BCUT2D eigenvalue weighted by molar-refractivity contribution is 0.0991. The number of nitrogens with two attached hydrogens (primary N) is 1. The minimum Gasteiger partial charge on any atom is -0.398 e. The highest BCUT2D eigenvalue weighted by atomic mass is 16.1. The van der Waals surface area contributed by atoms with Crippen LogP contribution in [0, 0.1) is 11.3 Å². The van der Waals surface area contributed by atoms with Gasteiger partial charge in [-0.15, -0.1) is 0 Å². The van der Waals surface area contributed by atoms with Gasteiger partial charge in [0.25, 0.3) is 0 Å². The molecule has 0 fully saturated rings. The van der Waals surface area contributed by atoms with Crippen LogP contribution < -0.4 is 5.73 Å². The van der Waals surface area contributed by atoms with Gasteiger partial charge in [0.05, 0.1) is 17.2 Å². The number of anilines is 1. The summed E-state index contributed by atoms with van der Waals surface area (Å²) in [5, 5.41) is 8.97. The molecule has 2 aromatic carbocycles. The molecule has 2 rings (SSSR count). The molecule has 0 atom stereocenters. The maximum atomic E-state index is 12.5. The van der Waals surface area contributed by atoms with Crippen LogP contribution in [0.15, 0.2) is 42.5 Å². The van der Waals surface area contributed by atoms with Gasteiger partial charge in [-0.25, -0.2) is 0 Å². The molecule has 0 aliphatic rings. The third-order valence-electron chi connectivity index (χ3n) is 2.93. The second kappa shape index (κ2) is 5.37. The van der Waals surface area contributed by atoms with Crippen LogP contribution >= 0.6 is 0 Å². The number of nitrogens with zero attached hydrogens (tertiary/aromatic N) is 1. The lowest BCUT2D eigenvalue weighted by atomic mass is 9.93. The highest BCUT2D eigenvalue weighted by Crippen LogP contribution is 2.23. The van der Waals surface area contributed by atoms with Crippen LogP contribution in [0.1, 0.15) is 38.8 Å². The predicted molar refractivity (Wildman–Crippen MR) is 75.4 cm³/mol. The van der Waals surface area contributed by atoms with Gasteiger partial charge in [0.15, 0.2) is 11.6 Å². The Morgan fingerprint density at radius 2 is 1.80 bits per heavy atom. The molecule has 0 aliphatic heterocycles. The SMILES string of the molecule is CC(=O)c1c(N)cc(C#N)cc1C(=O)c1ccccc1. The summed E-state index contributed by atoms with van der Waals surface area (Å²) >= 11 is 0. The minimum atomic E-state index is -0.320. The number of carbonyl (C=O) groups is 2. The Labute approximate surface area is 116 Å². The van der Waals surface area contributed by atoms with E-state index in [1.807, 2.05) is 6.07 Å². The number of Topliss-reactive ketones (excluding diaryl/α,β-unsaturated/α-hetero) is 1. The van der Waals surface area contributed by atoms with E-state index in [9.17, 15) is 9.59 Å². The molecule has 98 valence electrons. The second-order valence-electron chi connectivity index (χ2n) is 4.35. The minimum absolute atomic E-state index is 0.149. The Balaban J connectivity index is 2.67. The Bertz CT molecular complexity index is 728. The van der Waals surface area contributed by atoms with Gasteiger partial charge in [0.1, 0.15) is 0 Å². The maximum Gasteiger partial charge on any atom is 0.193 e. The Hall–Kier alpha value is -2.93. The van der Waals surface area contributed by atoms with Gasteiger partial charge in [-0.2, -0.15) is 5.26 Å². The molecule has 0 amide bonds. The number of hydrogen-bond donors (Lipinski definition) is 1. The Morgan fingerprint density at radius 3 is 2.35 bits per heavy atom. The van der Waals surface area contributed by atoms with Gasteiger partial charge >= 0.3 is 0 Å². The molecular weight excluding hydrogens is 252 g/mol. The van der Waals surface area contributed by atoms with Crippen molar-refractivity contribution >= 4 is 17.3 Å². The zero-order valence-corrected chi connectivity index (χ0v) is 10.9. The number of carbonyl (C=O) groups excluding carboxylic acids is 2. The van der Waals surface area contributed by atoms with Gasteiger partial charge in [-0.1, -0.05) is 30.3 Å². The normalized spacial score (nSPS) is 9.80. The van der Waals surface area contributed by atoms with Crippen LogP contribution in [0.4, 0.5) is 5.69 Å². The lowest BCUT2D eigenvalue weighted by Gasteiger charge is -2.10. The molecule has 0 aliphatic carbocycles. The van der Waals surface area contributed by atoms with E-state index in [1.54, 1.807) is 30.3 Å². The summed E-state index contributed by atoms with van der Waals surface area (Å²) in [4.78, 5) is 24.2. The number of nitriles is 1. The summed E-state index contributed by atoms with van der Waals surface area (Å²) in [5.74, 6) is -0.620. The van der Waals surface area contributed by atoms with Gasteiger partial charge in [0, 0.05) is 16.8 Å². The van der Waals surface area contributed by atoms with Crippen molar-refractivity contribution in [1.29, 1.82) is 5.26 Å². The molecule has 0 unspecified atom stereocenters. The summed E-state index contributed by atoms with van der Waals surface area (Å²) in [6, 6.07) is 13.3. The molecule has 0 heterocycles. The standard InChI is InChI=1S/C16H12N2O2/c1-10(19)15-13(7-11(9-17)8-14(15)18)16(20)12-5-3-2-4-6-12/h2-8H,18H2,1H3. The van der Waals surface area contributed by atoms with Crippen molar-refractivity contribution in [2.75, 3.05) is 5.73 Å². The average molecular weight is 264 g/mol. The summed E-state index contributed by atoms with van der Waals surface area (Å²) in [7, 11) is 0. The number of benzene rings is 2. The number of rotatable bonds is 3. The first-order chi connectivity index (χ1) is 9.54. The van der Waals surface area contributed by atoms with E-state index in [2.05, 4.69) is 0 Å². The van der Waals surface area contributed by atoms with Crippen molar-refractivity contribution in [3.8, 4) is 6.07 Å². The second-order valence-corrected chi connectivity index (χ2v) is 4.35. The van der Waals surface area contributed by atoms with Crippen LogP contribution in [0.3, 0.4) is 0 Å². The Morgan fingerprint density at radius 1 is 1.15 bits per heavy atom. The highest BCUT2D eigenvalue weighted by Gasteiger charge is 2.19. The molecule has 0 aromatic heterocycles. The molecule has 4 heteroatoms. The number of nitrogen functional groups attached to an aromatic ring is 1. The maximum absolute atomic E-state index is 12.5. The van der Waals surface area contributed by atoms with Crippen molar-refractivity contribution in [2.24, 2.45) is 0 Å². The van der Waals surface area contributed by atoms with Crippen molar-refractivity contribution in [3.63, 3.8) is 0 Å². The molecule has 0 saturated carbocycles. The van der Waals surface area contributed by atoms with Crippen LogP contribution in [-0.4, -0.2) is 11.6 Å². The summed E-state index contributed by atoms with van der Waals surface area (Å²) in [5.41, 5.74) is 6.98. The first kappa shape index (κ1) is 13.5. The third kappa shape index (κ3) is 2.43. The summed E-state index contributed by atoms with van der Waals surface area (Å²) in [6.07, 6.45) is 0. The topological polar surface area (TPSA) is 83.9 Å². The molecule has 20 heavy (non-hydrogen) atoms. The van der Waals surface area contributed by atoms with Gasteiger partial charge in [-0.05, 0) is 19.1 Å². The quantitative estimate of drug-likeness (QED) is 0.682. The Kier molecular flexibility index (Phi) is 3.62. The van der Waals surface area contributed by atoms with E-state index < -0.39 is 0 Å².